The van der Waals surface area contributed by atoms with Gasteiger partial charge < -0.3 is 14.2 Å². The van der Waals surface area contributed by atoms with Gasteiger partial charge >= 0.3 is 0 Å². The Kier molecular flexibility index (Phi) is 13.0. The van der Waals surface area contributed by atoms with E-state index in [1.54, 1.807) is 12.1 Å². The smallest absolute Gasteiger partial charge is 0.165 e. The molecule has 2 atom stereocenters. The number of hydrogen-bond donors (Lipinski definition) is 0. The van der Waals surface area contributed by atoms with Crippen LogP contribution in [0.25, 0.3) is 0 Å². The second-order valence-corrected chi connectivity index (χ2v) is 16.3. The molecule has 0 aliphatic rings. The van der Waals surface area contributed by atoms with Crippen molar-refractivity contribution in [2.45, 2.75) is 104 Å². The molecule has 0 saturated heterocycles. The van der Waals surface area contributed by atoms with Crippen molar-refractivity contribution in [2.75, 3.05) is 0 Å². The first kappa shape index (κ1) is 41.4. The van der Waals surface area contributed by atoms with Gasteiger partial charge in [-0.1, -0.05) is 126 Å². The molecule has 0 amide bonds. The SMILES string of the molecule is CCc1cc(C(C)(C)C(Cc2ccc(F)c(Oc3ccccc3)c2)OC(Cc2ccc(F)c(Oc3ccccc3)c2)C(C)(C)c2ccc(C)c(CC)c2)ccc1C. The van der Waals surface area contributed by atoms with Gasteiger partial charge in [-0.05, 0) is 133 Å². The predicted molar refractivity (Wildman–Crippen MR) is 229 cm³/mol. The summed E-state index contributed by atoms with van der Waals surface area (Å²) >= 11 is 0. The molecule has 0 fully saturated rings. The van der Waals surface area contributed by atoms with Crippen LogP contribution in [-0.2, 0) is 41.3 Å². The van der Waals surface area contributed by atoms with E-state index in [1.165, 1.54) is 45.5 Å². The van der Waals surface area contributed by atoms with Crippen molar-refractivity contribution >= 4 is 0 Å². The Labute approximate surface area is 338 Å². The summed E-state index contributed by atoms with van der Waals surface area (Å²) in [5.74, 6) is 0.602. The van der Waals surface area contributed by atoms with Crippen LogP contribution in [0, 0.1) is 25.5 Å². The molecule has 0 radical (unpaired) electrons. The van der Waals surface area contributed by atoms with E-state index in [1.807, 2.05) is 72.8 Å². The topological polar surface area (TPSA) is 27.7 Å². The third-order valence-corrected chi connectivity index (χ3v) is 11.7. The summed E-state index contributed by atoms with van der Waals surface area (Å²) in [6, 6.07) is 42.2. The zero-order valence-electron chi connectivity index (χ0n) is 34.7. The van der Waals surface area contributed by atoms with Crippen LogP contribution in [0.15, 0.2) is 133 Å². The molecule has 0 N–H and O–H groups in total. The lowest BCUT2D eigenvalue weighted by Gasteiger charge is -2.43. The molecule has 3 nitrogen and oxygen atoms in total. The zero-order valence-corrected chi connectivity index (χ0v) is 34.7. The molecule has 57 heavy (non-hydrogen) atoms. The molecule has 0 saturated carbocycles. The van der Waals surface area contributed by atoms with Crippen LogP contribution >= 0.6 is 0 Å². The largest absolute Gasteiger partial charge is 0.454 e. The lowest BCUT2D eigenvalue weighted by molar-refractivity contribution is -0.0753. The summed E-state index contributed by atoms with van der Waals surface area (Å²) in [5.41, 5.74) is 8.22. The molecule has 0 aliphatic heterocycles. The minimum Gasteiger partial charge on any atom is -0.454 e. The van der Waals surface area contributed by atoms with E-state index in [-0.39, 0.29) is 23.7 Å². The van der Waals surface area contributed by atoms with E-state index in [0.29, 0.717) is 24.3 Å². The monoisotopic (exact) mass is 766 g/mol. The molecule has 0 spiro atoms. The third kappa shape index (κ3) is 9.83. The maximum absolute atomic E-state index is 15.3. The highest BCUT2D eigenvalue weighted by atomic mass is 19.1. The molecule has 0 bridgehead atoms. The Bertz CT molecular complexity index is 2100. The summed E-state index contributed by atoms with van der Waals surface area (Å²) in [4.78, 5) is 0. The number of benzene rings is 6. The quantitative estimate of drug-likeness (QED) is 0.0982. The van der Waals surface area contributed by atoms with Crippen molar-refractivity contribution in [3.63, 3.8) is 0 Å². The number of ether oxygens (including phenoxy) is 3. The van der Waals surface area contributed by atoms with Gasteiger partial charge in [0, 0.05) is 10.8 Å². The van der Waals surface area contributed by atoms with Crippen LogP contribution < -0.4 is 9.47 Å². The molecule has 0 heterocycles. The van der Waals surface area contributed by atoms with Crippen molar-refractivity contribution in [1.82, 2.24) is 0 Å². The van der Waals surface area contributed by atoms with Crippen LogP contribution in [-0.4, -0.2) is 12.2 Å². The Morgan fingerprint density at radius 1 is 0.491 bits per heavy atom. The van der Waals surface area contributed by atoms with E-state index >= 15 is 8.78 Å². The first-order valence-corrected chi connectivity index (χ1v) is 20.2. The van der Waals surface area contributed by atoms with Crippen molar-refractivity contribution in [1.29, 1.82) is 0 Å². The molecule has 6 aromatic rings. The van der Waals surface area contributed by atoms with Crippen molar-refractivity contribution < 1.29 is 23.0 Å². The number of hydrogen-bond acceptors (Lipinski definition) is 3. The fourth-order valence-electron chi connectivity index (χ4n) is 7.59. The van der Waals surface area contributed by atoms with Crippen LogP contribution in [0.1, 0.15) is 86.1 Å². The lowest BCUT2D eigenvalue weighted by Crippen LogP contribution is -2.46. The van der Waals surface area contributed by atoms with Gasteiger partial charge in [0.25, 0.3) is 0 Å². The van der Waals surface area contributed by atoms with Gasteiger partial charge in [0.2, 0.25) is 0 Å². The zero-order chi connectivity index (χ0) is 40.7. The fraction of sp³-hybridized carbons (Fsp3) is 0.308. The highest BCUT2D eigenvalue weighted by molar-refractivity contribution is 5.41. The van der Waals surface area contributed by atoms with Crippen molar-refractivity contribution in [3.8, 4) is 23.0 Å². The molecule has 6 rings (SSSR count). The van der Waals surface area contributed by atoms with Gasteiger partial charge in [-0.3, -0.25) is 0 Å². The Morgan fingerprint density at radius 3 is 1.25 bits per heavy atom. The Hall–Kier alpha value is -5.26. The maximum Gasteiger partial charge on any atom is 0.165 e. The first-order chi connectivity index (χ1) is 27.3. The van der Waals surface area contributed by atoms with Gasteiger partial charge in [-0.25, -0.2) is 8.78 Å². The predicted octanol–water partition coefficient (Wildman–Crippen LogP) is 13.8. The molecule has 2 unspecified atom stereocenters. The first-order valence-electron chi connectivity index (χ1n) is 20.2. The lowest BCUT2D eigenvalue weighted by atomic mass is 9.73. The van der Waals surface area contributed by atoms with Crippen molar-refractivity contribution in [3.05, 3.63) is 190 Å². The Balaban J connectivity index is 1.45. The van der Waals surface area contributed by atoms with Gasteiger partial charge in [0.05, 0.1) is 12.2 Å². The van der Waals surface area contributed by atoms with Gasteiger partial charge in [-0.2, -0.15) is 0 Å². The minimum absolute atomic E-state index is 0.166. The van der Waals surface area contributed by atoms with Crippen LogP contribution in [0.5, 0.6) is 23.0 Å². The highest BCUT2D eigenvalue weighted by Gasteiger charge is 2.40. The average Bonchev–Trinajstić information content (AvgIpc) is 3.20. The number of aryl methyl sites for hydroxylation is 4. The van der Waals surface area contributed by atoms with E-state index in [0.717, 1.165) is 24.0 Å². The van der Waals surface area contributed by atoms with Crippen LogP contribution in [0.2, 0.25) is 0 Å². The molecule has 0 aliphatic carbocycles. The molecular weight excluding hydrogens is 711 g/mol. The van der Waals surface area contributed by atoms with Gasteiger partial charge in [0.1, 0.15) is 11.5 Å². The van der Waals surface area contributed by atoms with Gasteiger partial charge in [0.15, 0.2) is 23.1 Å². The summed E-state index contributed by atoms with van der Waals surface area (Å²) in [6.45, 7) is 17.6. The van der Waals surface area contributed by atoms with E-state index < -0.39 is 22.5 Å². The number of halogens is 2. The van der Waals surface area contributed by atoms with E-state index in [4.69, 9.17) is 14.2 Å². The molecular formula is C52H56F2O3. The second kappa shape index (κ2) is 17.9. The molecule has 6 aromatic carbocycles. The average molecular weight is 767 g/mol. The number of rotatable bonds is 16. The van der Waals surface area contributed by atoms with E-state index in [2.05, 4.69) is 91.8 Å². The fourth-order valence-corrected chi connectivity index (χ4v) is 7.59. The summed E-state index contributed by atoms with van der Waals surface area (Å²) < 4.78 is 50.3. The van der Waals surface area contributed by atoms with Gasteiger partial charge in [-0.15, -0.1) is 0 Å². The Morgan fingerprint density at radius 2 is 0.877 bits per heavy atom. The van der Waals surface area contributed by atoms with Crippen LogP contribution in [0.3, 0.4) is 0 Å². The normalized spacial score (nSPS) is 12.9. The highest BCUT2D eigenvalue weighted by Crippen LogP contribution is 2.40. The summed E-state index contributed by atoms with van der Waals surface area (Å²) in [6.07, 6.45) is 2.06. The van der Waals surface area contributed by atoms with E-state index in [9.17, 15) is 0 Å². The summed E-state index contributed by atoms with van der Waals surface area (Å²) in [7, 11) is 0. The molecule has 296 valence electrons. The number of para-hydroxylation sites is 2. The van der Waals surface area contributed by atoms with Crippen molar-refractivity contribution in [2.24, 2.45) is 0 Å². The standard InChI is InChI=1S/C52H56F2O3/c1-9-39-33-41(25-21-35(39)3)51(5,6)49(31-37-23-27-45(53)47(29-37)55-43-17-13-11-14-18-43)57-50(52(7,8)42-26-22-36(4)40(10-2)34-42)32-38-24-28-46(54)48(30-38)56-44-19-15-12-16-20-44/h11-30,33-34,49-50H,9-10,31-32H2,1-8H3. The minimum atomic E-state index is -0.493. The second-order valence-electron chi connectivity index (χ2n) is 16.3. The molecule has 5 heteroatoms. The van der Waals surface area contributed by atoms with Crippen LogP contribution in [0.4, 0.5) is 8.78 Å². The third-order valence-electron chi connectivity index (χ3n) is 11.7. The summed E-state index contributed by atoms with van der Waals surface area (Å²) in [5, 5.41) is 0. The maximum atomic E-state index is 15.3. The molecule has 0 aromatic heterocycles.